The standard InChI is InChI=1S/C20H22O5/c1-12-5-7-16-15(9-12)11-19(24-13(2)21)20(25-16)14-6-8-17(22-3)18(10-14)23-4/h5-10,19-20H,11H2,1-4H3/t19-,20+/m0/s1. The number of benzene rings is 2. The van der Waals surface area contributed by atoms with Crippen LogP contribution in [0.3, 0.4) is 0 Å². The van der Waals surface area contributed by atoms with Crippen molar-refractivity contribution in [1.82, 2.24) is 0 Å². The van der Waals surface area contributed by atoms with E-state index in [4.69, 9.17) is 18.9 Å². The number of rotatable bonds is 4. The van der Waals surface area contributed by atoms with Crippen molar-refractivity contribution in [2.45, 2.75) is 32.5 Å². The predicted octanol–water partition coefficient (Wildman–Crippen LogP) is 3.62. The van der Waals surface area contributed by atoms with E-state index in [1.165, 1.54) is 6.92 Å². The van der Waals surface area contributed by atoms with Crippen molar-refractivity contribution in [2.75, 3.05) is 14.2 Å². The topological polar surface area (TPSA) is 54.0 Å². The van der Waals surface area contributed by atoms with Crippen LogP contribution in [0, 0.1) is 6.92 Å². The van der Waals surface area contributed by atoms with Gasteiger partial charge in [0.15, 0.2) is 17.6 Å². The second kappa shape index (κ2) is 7.05. The Hall–Kier alpha value is -2.69. The average molecular weight is 342 g/mol. The lowest BCUT2D eigenvalue weighted by Crippen LogP contribution is -2.34. The highest BCUT2D eigenvalue weighted by atomic mass is 16.6. The number of hydrogen-bond acceptors (Lipinski definition) is 5. The molecule has 1 heterocycles. The van der Waals surface area contributed by atoms with Crippen LogP contribution in [0.2, 0.25) is 0 Å². The Labute approximate surface area is 147 Å². The molecule has 0 bridgehead atoms. The molecule has 0 spiro atoms. The molecule has 5 heteroatoms. The van der Waals surface area contributed by atoms with Gasteiger partial charge in [-0.2, -0.15) is 0 Å². The normalized spacial score (nSPS) is 18.7. The summed E-state index contributed by atoms with van der Waals surface area (Å²) in [7, 11) is 3.18. The number of carbonyl (C=O) groups is 1. The lowest BCUT2D eigenvalue weighted by atomic mass is 9.93. The second-order valence-electron chi connectivity index (χ2n) is 6.12. The van der Waals surface area contributed by atoms with Gasteiger partial charge in [0.1, 0.15) is 11.9 Å². The summed E-state index contributed by atoms with van der Waals surface area (Å²) in [6.45, 7) is 3.44. The van der Waals surface area contributed by atoms with Crippen molar-refractivity contribution < 1.29 is 23.7 Å². The van der Waals surface area contributed by atoms with E-state index < -0.39 is 12.2 Å². The third-order valence-corrected chi connectivity index (χ3v) is 4.28. The van der Waals surface area contributed by atoms with Crippen LogP contribution < -0.4 is 14.2 Å². The van der Waals surface area contributed by atoms with Gasteiger partial charge in [-0.15, -0.1) is 0 Å². The maximum Gasteiger partial charge on any atom is 0.303 e. The molecule has 25 heavy (non-hydrogen) atoms. The Balaban J connectivity index is 1.99. The van der Waals surface area contributed by atoms with Crippen LogP contribution in [-0.2, 0) is 16.0 Å². The van der Waals surface area contributed by atoms with Gasteiger partial charge < -0.3 is 18.9 Å². The van der Waals surface area contributed by atoms with E-state index in [-0.39, 0.29) is 5.97 Å². The first-order valence-corrected chi connectivity index (χ1v) is 8.17. The highest BCUT2D eigenvalue weighted by molar-refractivity contribution is 5.66. The van der Waals surface area contributed by atoms with E-state index in [1.807, 2.05) is 37.3 Å². The minimum absolute atomic E-state index is 0.324. The van der Waals surface area contributed by atoms with E-state index in [9.17, 15) is 4.79 Å². The molecule has 0 N–H and O–H groups in total. The van der Waals surface area contributed by atoms with Gasteiger partial charge in [-0.3, -0.25) is 4.79 Å². The third-order valence-electron chi connectivity index (χ3n) is 4.28. The maximum absolute atomic E-state index is 11.6. The van der Waals surface area contributed by atoms with Crippen LogP contribution >= 0.6 is 0 Å². The van der Waals surface area contributed by atoms with E-state index in [0.717, 1.165) is 22.4 Å². The summed E-state index contributed by atoms with van der Waals surface area (Å²) in [4.78, 5) is 11.6. The Kier molecular flexibility index (Phi) is 4.83. The summed E-state index contributed by atoms with van der Waals surface area (Å²) >= 11 is 0. The van der Waals surface area contributed by atoms with Crippen LogP contribution in [0.25, 0.3) is 0 Å². The lowest BCUT2D eigenvalue weighted by Gasteiger charge is -2.33. The highest BCUT2D eigenvalue weighted by Gasteiger charge is 2.34. The lowest BCUT2D eigenvalue weighted by molar-refractivity contribution is -0.152. The van der Waals surface area contributed by atoms with Crippen LogP contribution in [0.4, 0.5) is 0 Å². The number of aryl methyl sites for hydroxylation is 1. The molecule has 2 atom stereocenters. The molecule has 0 saturated heterocycles. The van der Waals surface area contributed by atoms with Crippen LogP contribution in [-0.4, -0.2) is 26.3 Å². The molecule has 0 amide bonds. The molecule has 3 rings (SSSR count). The number of esters is 1. The summed E-state index contributed by atoms with van der Waals surface area (Å²) in [5.41, 5.74) is 3.06. The van der Waals surface area contributed by atoms with E-state index in [0.29, 0.717) is 17.9 Å². The van der Waals surface area contributed by atoms with Gasteiger partial charge in [0, 0.05) is 18.9 Å². The summed E-state index contributed by atoms with van der Waals surface area (Å²) in [5, 5.41) is 0. The SMILES string of the molecule is COc1ccc([C@H]2Oc3ccc(C)cc3C[C@@H]2OC(C)=O)cc1OC. The fraction of sp³-hybridized carbons (Fsp3) is 0.350. The molecular formula is C20H22O5. The molecule has 0 saturated carbocycles. The Morgan fingerprint density at radius 3 is 2.52 bits per heavy atom. The maximum atomic E-state index is 11.6. The summed E-state index contributed by atoms with van der Waals surface area (Å²) < 4.78 is 22.4. The smallest absolute Gasteiger partial charge is 0.303 e. The number of methoxy groups -OCH3 is 2. The number of carbonyl (C=O) groups excluding carboxylic acids is 1. The van der Waals surface area contributed by atoms with Gasteiger partial charge in [-0.1, -0.05) is 23.8 Å². The zero-order valence-electron chi connectivity index (χ0n) is 14.9. The molecule has 0 aliphatic carbocycles. The monoisotopic (exact) mass is 342 g/mol. The number of hydrogen-bond donors (Lipinski definition) is 0. The van der Waals surface area contributed by atoms with E-state index in [2.05, 4.69) is 6.07 Å². The van der Waals surface area contributed by atoms with Crippen molar-refractivity contribution in [3.05, 3.63) is 53.1 Å². The van der Waals surface area contributed by atoms with Crippen LogP contribution in [0.1, 0.15) is 29.7 Å². The molecule has 0 radical (unpaired) electrons. The summed E-state index contributed by atoms with van der Waals surface area (Å²) in [6, 6.07) is 11.6. The van der Waals surface area contributed by atoms with E-state index >= 15 is 0 Å². The van der Waals surface area contributed by atoms with Gasteiger partial charge >= 0.3 is 5.97 Å². The summed E-state index contributed by atoms with van der Waals surface area (Å²) in [6.07, 6.45) is -0.195. The van der Waals surface area contributed by atoms with Crippen molar-refractivity contribution in [3.63, 3.8) is 0 Å². The number of ether oxygens (including phenoxy) is 4. The molecule has 132 valence electrons. The molecule has 2 aromatic carbocycles. The molecule has 1 aliphatic rings. The van der Waals surface area contributed by atoms with Crippen molar-refractivity contribution >= 4 is 5.97 Å². The Morgan fingerprint density at radius 2 is 1.84 bits per heavy atom. The van der Waals surface area contributed by atoms with Gasteiger partial charge in [0.25, 0.3) is 0 Å². The van der Waals surface area contributed by atoms with Gasteiger partial charge in [0.2, 0.25) is 0 Å². The van der Waals surface area contributed by atoms with Crippen LogP contribution in [0.5, 0.6) is 17.2 Å². The number of fused-ring (bicyclic) bond motifs is 1. The van der Waals surface area contributed by atoms with Crippen molar-refractivity contribution in [1.29, 1.82) is 0 Å². The molecule has 0 fully saturated rings. The van der Waals surface area contributed by atoms with E-state index in [1.54, 1.807) is 14.2 Å². The fourth-order valence-electron chi connectivity index (χ4n) is 3.15. The molecule has 0 aromatic heterocycles. The molecular weight excluding hydrogens is 320 g/mol. The zero-order valence-corrected chi connectivity index (χ0v) is 14.9. The van der Waals surface area contributed by atoms with Gasteiger partial charge in [0.05, 0.1) is 14.2 Å². The van der Waals surface area contributed by atoms with Crippen molar-refractivity contribution in [3.8, 4) is 17.2 Å². The zero-order chi connectivity index (χ0) is 18.0. The highest BCUT2D eigenvalue weighted by Crippen LogP contribution is 2.39. The first-order valence-electron chi connectivity index (χ1n) is 8.17. The minimum Gasteiger partial charge on any atom is -0.493 e. The first-order chi connectivity index (χ1) is 12.0. The molecule has 1 aliphatic heterocycles. The fourth-order valence-corrected chi connectivity index (χ4v) is 3.15. The molecule has 5 nitrogen and oxygen atoms in total. The summed E-state index contributed by atoms with van der Waals surface area (Å²) in [5.74, 6) is 1.74. The molecule has 0 unspecified atom stereocenters. The predicted molar refractivity (Wildman–Crippen MR) is 93.4 cm³/mol. The minimum atomic E-state index is -0.404. The van der Waals surface area contributed by atoms with Crippen molar-refractivity contribution in [2.24, 2.45) is 0 Å². The first kappa shape index (κ1) is 17.1. The molecule has 2 aromatic rings. The Morgan fingerprint density at radius 1 is 1.08 bits per heavy atom. The second-order valence-corrected chi connectivity index (χ2v) is 6.12. The largest absolute Gasteiger partial charge is 0.493 e. The van der Waals surface area contributed by atoms with Crippen LogP contribution in [0.15, 0.2) is 36.4 Å². The average Bonchev–Trinajstić information content (AvgIpc) is 2.60. The third kappa shape index (κ3) is 3.55. The van der Waals surface area contributed by atoms with Gasteiger partial charge in [-0.05, 0) is 30.7 Å². The quantitative estimate of drug-likeness (QED) is 0.795. The van der Waals surface area contributed by atoms with Gasteiger partial charge in [-0.25, -0.2) is 0 Å². The Bertz CT molecular complexity index is 784.